The van der Waals surface area contributed by atoms with Gasteiger partial charge >= 0.3 is 0 Å². The molecule has 1 aliphatic carbocycles. The van der Waals surface area contributed by atoms with Crippen molar-refractivity contribution in [3.63, 3.8) is 0 Å². The number of rotatable bonds is 6. The van der Waals surface area contributed by atoms with Gasteiger partial charge in [-0.2, -0.15) is 5.26 Å². The zero-order chi connectivity index (χ0) is 13.6. The first-order valence-electron chi connectivity index (χ1n) is 7.49. The molecule has 1 fully saturated rings. The lowest BCUT2D eigenvalue weighted by atomic mass is 9.75. The summed E-state index contributed by atoms with van der Waals surface area (Å²) in [5, 5.41) is 12.6. The van der Waals surface area contributed by atoms with Crippen LogP contribution >= 0.6 is 0 Å². The summed E-state index contributed by atoms with van der Waals surface area (Å²) >= 11 is 0. The van der Waals surface area contributed by atoms with E-state index in [9.17, 15) is 0 Å². The van der Waals surface area contributed by atoms with Gasteiger partial charge in [-0.3, -0.25) is 0 Å². The molecule has 2 nitrogen and oxygen atoms in total. The van der Waals surface area contributed by atoms with Gasteiger partial charge in [0.2, 0.25) is 0 Å². The van der Waals surface area contributed by atoms with Gasteiger partial charge in [-0.1, -0.05) is 20.3 Å². The summed E-state index contributed by atoms with van der Waals surface area (Å²) in [5.74, 6) is 0. The number of nitrogens with zero attached hydrogens (tertiary/aromatic N) is 1. The molecule has 0 bridgehead atoms. The number of hydrogen-bond donors (Lipinski definition) is 1. The normalized spacial score (nSPS) is 20.6. The quantitative estimate of drug-likeness (QED) is 0.715. The average Bonchev–Trinajstić information content (AvgIpc) is 2.30. The second kappa shape index (κ2) is 6.57. The molecule has 18 heavy (non-hydrogen) atoms. The van der Waals surface area contributed by atoms with E-state index in [1.165, 1.54) is 32.1 Å². The summed E-state index contributed by atoms with van der Waals surface area (Å²) < 4.78 is 0. The van der Waals surface area contributed by atoms with E-state index in [0.717, 1.165) is 25.4 Å². The summed E-state index contributed by atoms with van der Waals surface area (Å²) in [5.41, 5.74) is 0.420. The van der Waals surface area contributed by atoms with Gasteiger partial charge in [-0.25, -0.2) is 0 Å². The molecule has 0 aromatic carbocycles. The monoisotopic (exact) mass is 250 g/mol. The molecular formula is C16H30N2. The lowest BCUT2D eigenvalue weighted by Crippen LogP contribution is -2.36. The van der Waals surface area contributed by atoms with Crippen LogP contribution in [0.2, 0.25) is 0 Å². The standard InChI is InChI=1S/C16H30N2/c1-15(2)10-7-14(8-11-15)18-12-6-5-9-16(3,4)13-17/h14,18H,5-12H2,1-4H3. The maximum atomic E-state index is 8.94. The molecule has 0 aromatic rings. The molecule has 0 amide bonds. The Morgan fingerprint density at radius 1 is 1.22 bits per heavy atom. The number of unbranched alkanes of at least 4 members (excludes halogenated alkanes) is 1. The Kier molecular flexibility index (Phi) is 5.66. The van der Waals surface area contributed by atoms with Crippen LogP contribution in [0.3, 0.4) is 0 Å². The molecule has 1 saturated carbocycles. The van der Waals surface area contributed by atoms with Crippen molar-refractivity contribution in [2.75, 3.05) is 6.54 Å². The molecular weight excluding hydrogens is 220 g/mol. The Morgan fingerprint density at radius 2 is 1.83 bits per heavy atom. The first kappa shape index (κ1) is 15.5. The third-order valence-corrected chi connectivity index (χ3v) is 4.30. The van der Waals surface area contributed by atoms with Crippen molar-refractivity contribution in [2.24, 2.45) is 10.8 Å². The smallest absolute Gasteiger partial charge is 0.0683 e. The Labute approximate surface area is 113 Å². The number of hydrogen-bond acceptors (Lipinski definition) is 2. The predicted octanol–water partition coefficient (Wildman–Crippen LogP) is 4.26. The molecule has 1 rings (SSSR count). The Bertz CT molecular complexity index is 276. The molecule has 104 valence electrons. The van der Waals surface area contributed by atoms with Crippen LogP contribution in [0, 0.1) is 22.2 Å². The number of nitrogens with one attached hydrogen (secondary N) is 1. The first-order chi connectivity index (χ1) is 8.35. The zero-order valence-electron chi connectivity index (χ0n) is 12.7. The highest BCUT2D eigenvalue weighted by molar-refractivity contribution is 4.91. The van der Waals surface area contributed by atoms with Gasteiger partial charge in [-0.05, 0) is 64.3 Å². The van der Waals surface area contributed by atoms with Crippen LogP contribution in [0.1, 0.15) is 72.6 Å². The largest absolute Gasteiger partial charge is 0.314 e. The maximum Gasteiger partial charge on any atom is 0.0683 e. The fourth-order valence-corrected chi connectivity index (χ4v) is 2.66. The van der Waals surface area contributed by atoms with Crippen LogP contribution in [-0.4, -0.2) is 12.6 Å². The molecule has 1 N–H and O–H groups in total. The van der Waals surface area contributed by atoms with E-state index >= 15 is 0 Å². The van der Waals surface area contributed by atoms with Crippen LogP contribution in [-0.2, 0) is 0 Å². The summed E-state index contributed by atoms with van der Waals surface area (Å²) in [7, 11) is 0. The van der Waals surface area contributed by atoms with E-state index in [1.54, 1.807) is 0 Å². The Hall–Kier alpha value is -0.550. The minimum atomic E-state index is -0.144. The van der Waals surface area contributed by atoms with Gasteiger partial charge in [0.1, 0.15) is 0 Å². The molecule has 0 spiro atoms. The molecule has 0 heterocycles. The first-order valence-corrected chi connectivity index (χ1v) is 7.49. The van der Waals surface area contributed by atoms with Crippen molar-refractivity contribution in [3.8, 4) is 6.07 Å². The van der Waals surface area contributed by atoms with E-state index in [1.807, 2.05) is 13.8 Å². The molecule has 0 aliphatic heterocycles. The molecule has 0 unspecified atom stereocenters. The SMILES string of the molecule is CC(C)(C#N)CCCCNC1CCC(C)(C)CC1. The van der Waals surface area contributed by atoms with Crippen molar-refractivity contribution in [3.05, 3.63) is 0 Å². The van der Waals surface area contributed by atoms with Crippen molar-refractivity contribution in [1.82, 2.24) is 5.32 Å². The minimum Gasteiger partial charge on any atom is -0.314 e. The van der Waals surface area contributed by atoms with E-state index in [2.05, 4.69) is 25.2 Å². The van der Waals surface area contributed by atoms with Crippen LogP contribution in [0.25, 0.3) is 0 Å². The van der Waals surface area contributed by atoms with Gasteiger partial charge in [-0.15, -0.1) is 0 Å². The number of nitriles is 1. The second-order valence-electron chi connectivity index (χ2n) is 7.35. The second-order valence-corrected chi connectivity index (χ2v) is 7.35. The van der Waals surface area contributed by atoms with Gasteiger partial charge in [0.15, 0.2) is 0 Å². The van der Waals surface area contributed by atoms with Crippen molar-refractivity contribution >= 4 is 0 Å². The Balaban J connectivity index is 2.04. The van der Waals surface area contributed by atoms with E-state index in [4.69, 9.17) is 5.26 Å². The molecule has 0 saturated heterocycles. The molecule has 0 radical (unpaired) electrons. The average molecular weight is 250 g/mol. The van der Waals surface area contributed by atoms with Crippen LogP contribution < -0.4 is 5.32 Å². The summed E-state index contributed by atoms with van der Waals surface area (Å²) in [6, 6.07) is 3.11. The predicted molar refractivity (Wildman–Crippen MR) is 77.3 cm³/mol. The van der Waals surface area contributed by atoms with Gasteiger partial charge in [0.05, 0.1) is 11.5 Å². The van der Waals surface area contributed by atoms with E-state index in [0.29, 0.717) is 5.41 Å². The highest BCUT2D eigenvalue weighted by Crippen LogP contribution is 2.34. The minimum absolute atomic E-state index is 0.144. The van der Waals surface area contributed by atoms with Gasteiger partial charge in [0.25, 0.3) is 0 Å². The highest BCUT2D eigenvalue weighted by atomic mass is 14.9. The van der Waals surface area contributed by atoms with Gasteiger partial charge in [0, 0.05) is 6.04 Å². The summed E-state index contributed by atoms with van der Waals surface area (Å²) in [4.78, 5) is 0. The van der Waals surface area contributed by atoms with E-state index in [-0.39, 0.29) is 5.41 Å². The molecule has 2 heteroatoms. The molecule has 1 aliphatic rings. The van der Waals surface area contributed by atoms with Crippen molar-refractivity contribution in [1.29, 1.82) is 5.26 Å². The van der Waals surface area contributed by atoms with Crippen molar-refractivity contribution < 1.29 is 0 Å². The zero-order valence-corrected chi connectivity index (χ0v) is 12.7. The fourth-order valence-electron chi connectivity index (χ4n) is 2.66. The topological polar surface area (TPSA) is 35.8 Å². The van der Waals surface area contributed by atoms with Crippen LogP contribution in [0.5, 0.6) is 0 Å². The molecule has 0 atom stereocenters. The third-order valence-electron chi connectivity index (χ3n) is 4.30. The third kappa shape index (κ3) is 5.87. The summed E-state index contributed by atoms with van der Waals surface area (Å²) in [6.07, 6.45) is 8.74. The van der Waals surface area contributed by atoms with E-state index < -0.39 is 0 Å². The van der Waals surface area contributed by atoms with Gasteiger partial charge < -0.3 is 5.32 Å². The lowest BCUT2D eigenvalue weighted by Gasteiger charge is -2.34. The lowest BCUT2D eigenvalue weighted by molar-refractivity contribution is 0.206. The maximum absolute atomic E-state index is 8.94. The highest BCUT2D eigenvalue weighted by Gasteiger charge is 2.26. The summed E-state index contributed by atoms with van der Waals surface area (Å²) in [6.45, 7) is 9.94. The molecule has 0 aromatic heterocycles. The Morgan fingerprint density at radius 3 is 2.39 bits per heavy atom. The van der Waals surface area contributed by atoms with Crippen molar-refractivity contribution in [2.45, 2.75) is 78.7 Å². The van der Waals surface area contributed by atoms with Crippen LogP contribution in [0.15, 0.2) is 0 Å². The fraction of sp³-hybridized carbons (Fsp3) is 0.938. The van der Waals surface area contributed by atoms with Crippen LogP contribution in [0.4, 0.5) is 0 Å².